The van der Waals surface area contributed by atoms with Crippen molar-refractivity contribution >= 4 is 0 Å². The molecule has 19 heavy (non-hydrogen) atoms. The average molecular weight is 254 g/mol. The highest BCUT2D eigenvalue weighted by molar-refractivity contribution is 5.40. The molecule has 1 heterocycles. The summed E-state index contributed by atoms with van der Waals surface area (Å²) < 4.78 is 5.05. The second-order valence-electron chi connectivity index (χ2n) is 4.94. The third-order valence-electron chi connectivity index (χ3n) is 3.69. The second-order valence-corrected chi connectivity index (χ2v) is 4.94. The molecule has 0 amide bonds. The molecule has 2 aromatic rings. The Labute approximate surface area is 113 Å². The molecule has 98 valence electrons. The van der Waals surface area contributed by atoms with Crippen LogP contribution in [0.4, 0.5) is 0 Å². The van der Waals surface area contributed by atoms with E-state index in [1.165, 1.54) is 23.1 Å². The van der Waals surface area contributed by atoms with Crippen LogP contribution >= 0.6 is 0 Å². The van der Waals surface area contributed by atoms with Gasteiger partial charge in [-0.2, -0.15) is 0 Å². The minimum Gasteiger partial charge on any atom is -0.481 e. The summed E-state index contributed by atoms with van der Waals surface area (Å²) in [5.41, 5.74) is 4.19. The molecule has 1 aliphatic carbocycles. The van der Waals surface area contributed by atoms with Crippen molar-refractivity contribution in [2.24, 2.45) is 0 Å². The van der Waals surface area contributed by atoms with E-state index in [1.807, 2.05) is 18.3 Å². The quantitative estimate of drug-likeness (QED) is 0.890. The van der Waals surface area contributed by atoms with Gasteiger partial charge in [0.05, 0.1) is 7.11 Å². The van der Waals surface area contributed by atoms with Gasteiger partial charge < -0.3 is 10.1 Å². The van der Waals surface area contributed by atoms with E-state index < -0.39 is 0 Å². The number of hydrogen-bond donors (Lipinski definition) is 1. The van der Waals surface area contributed by atoms with E-state index in [1.54, 1.807) is 7.11 Å². The molecular weight excluding hydrogens is 236 g/mol. The molecule has 1 aromatic heterocycles. The van der Waals surface area contributed by atoms with Crippen molar-refractivity contribution in [2.45, 2.75) is 18.9 Å². The number of pyridine rings is 1. The van der Waals surface area contributed by atoms with Crippen LogP contribution in [0.3, 0.4) is 0 Å². The fraction of sp³-hybridized carbons (Fsp3) is 0.312. The fourth-order valence-electron chi connectivity index (χ4n) is 2.57. The molecule has 1 aromatic carbocycles. The number of methoxy groups -OCH3 is 1. The number of nitrogens with zero attached hydrogens (tertiary/aromatic N) is 1. The van der Waals surface area contributed by atoms with Crippen molar-refractivity contribution in [3.8, 4) is 5.88 Å². The Morgan fingerprint density at radius 3 is 2.89 bits per heavy atom. The molecule has 0 saturated heterocycles. The molecule has 0 radical (unpaired) electrons. The maximum atomic E-state index is 5.05. The second kappa shape index (κ2) is 5.41. The molecule has 3 rings (SSSR count). The third kappa shape index (κ3) is 2.61. The molecule has 0 fully saturated rings. The van der Waals surface area contributed by atoms with E-state index in [9.17, 15) is 0 Å². The predicted octanol–water partition coefficient (Wildman–Crippen LogP) is 2.52. The van der Waals surface area contributed by atoms with Crippen LogP contribution in [-0.2, 0) is 13.0 Å². The number of nitrogens with one attached hydrogen (secondary N) is 1. The molecule has 3 heteroatoms. The van der Waals surface area contributed by atoms with Crippen LogP contribution in [0.2, 0.25) is 0 Å². The van der Waals surface area contributed by atoms with Crippen LogP contribution in [0.1, 0.15) is 22.6 Å². The molecule has 0 bridgehead atoms. The minimum absolute atomic E-state index is 0.664. The lowest BCUT2D eigenvalue weighted by Gasteiger charge is -2.30. The van der Waals surface area contributed by atoms with E-state index in [-0.39, 0.29) is 0 Å². The van der Waals surface area contributed by atoms with Crippen molar-refractivity contribution in [2.75, 3.05) is 13.7 Å². The Hall–Kier alpha value is -1.87. The highest BCUT2D eigenvalue weighted by Gasteiger charge is 2.24. The summed E-state index contributed by atoms with van der Waals surface area (Å²) in [5, 5.41) is 3.50. The summed E-state index contributed by atoms with van der Waals surface area (Å²) in [6, 6.07) is 12.6. The van der Waals surface area contributed by atoms with Gasteiger partial charge in [-0.3, -0.25) is 0 Å². The highest BCUT2D eigenvalue weighted by Crippen LogP contribution is 2.33. The first-order valence-corrected chi connectivity index (χ1v) is 6.64. The zero-order valence-electron chi connectivity index (χ0n) is 11.1. The summed E-state index contributed by atoms with van der Waals surface area (Å²) >= 11 is 0. The van der Waals surface area contributed by atoms with E-state index in [4.69, 9.17) is 4.74 Å². The Morgan fingerprint density at radius 1 is 1.26 bits per heavy atom. The van der Waals surface area contributed by atoms with Crippen molar-refractivity contribution in [3.05, 3.63) is 59.3 Å². The van der Waals surface area contributed by atoms with Crippen molar-refractivity contribution in [3.63, 3.8) is 0 Å². The summed E-state index contributed by atoms with van der Waals surface area (Å²) in [6.45, 7) is 1.89. The number of rotatable bonds is 5. The maximum Gasteiger partial charge on any atom is 0.212 e. The van der Waals surface area contributed by atoms with E-state index in [0.717, 1.165) is 13.1 Å². The Kier molecular flexibility index (Phi) is 3.47. The van der Waals surface area contributed by atoms with Gasteiger partial charge in [0.2, 0.25) is 5.88 Å². The van der Waals surface area contributed by atoms with Gasteiger partial charge in [0.15, 0.2) is 0 Å². The first-order valence-electron chi connectivity index (χ1n) is 6.64. The molecule has 1 N–H and O–H groups in total. The van der Waals surface area contributed by atoms with E-state index >= 15 is 0 Å². The summed E-state index contributed by atoms with van der Waals surface area (Å²) in [6.07, 6.45) is 3.06. The van der Waals surface area contributed by atoms with Crippen molar-refractivity contribution in [1.82, 2.24) is 10.3 Å². The van der Waals surface area contributed by atoms with E-state index in [2.05, 4.69) is 34.6 Å². The van der Waals surface area contributed by atoms with Crippen LogP contribution < -0.4 is 10.1 Å². The number of hydrogen-bond acceptors (Lipinski definition) is 3. The number of ether oxygens (including phenoxy) is 1. The third-order valence-corrected chi connectivity index (χ3v) is 3.69. The smallest absolute Gasteiger partial charge is 0.212 e. The zero-order valence-corrected chi connectivity index (χ0v) is 11.1. The minimum atomic E-state index is 0.664. The monoisotopic (exact) mass is 254 g/mol. The van der Waals surface area contributed by atoms with E-state index in [0.29, 0.717) is 11.8 Å². The van der Waals surface area contributed by atoms with Crippen LogP contribution in [-0.4, -0.2) is 18.6 Å². The SMILES string of the molecule is COc1ccc(CNCC2Cc3ccccc32)cn1. The number of aromatic nitrogens is 1. The van der Waals surface area contributed by atoms with Crippen LogP contribution in [0, 0.1) is 0 Å². The molecule has 1 aliphatic rings. The molecular formula is C16H18N2O. The van der Waals surface area contributed by atoms with Gasteiger partial charge in [0, 0.05) is 31.3 Å². The lowest BCUT2D eigenvalue weighted by molar-refractivity contribution is 0.397. The standard InChI is InChI=1S/C16H18N2O/c1-19-16-7-6-12(10-18-16)9-17-11-14-8-13-4-2-3-5-15(13)14/h2-7,10,14,17H,8-9,11H2,1H3. The summed E-state index contributed by atoms with van der Waals surface area (Å²) in [5.74, 6) is 1.33. The van der Waals surface area contributed by atoms with Crippen molar-refractivity contribution < 1.29 is 4.74 Å². The van der Waals surface area contributed by atoms with Gasteiger partial charge in [-0.05, 0) is 23.1 Å². The van der Waals surface area contributed by atoms with Crippen LogP contribution in [0.25, 0.3) is 0 Å². The number of benzene rings is 1. The molecule has 0 saturated carbocycles. The first kappa shape index (κ1) is 12.2. The first-order chi connectivity index (χ1) is 9.36. The fourth-order valence-corrected chi connectivity index (χ4v) is 2.57. The van der Waals surface area contributed by atoms with Gasteiger partial charge >= 0.3 is 0 Å². The van der Waals surface area contributed by atoms with Crippen LogP contribution in [0.5, 0.6) is 5.88 Å². The van der Waals surface area contributed by atoms with Gasteiger partial charge in [0.25, 0.3) is 0 Å². The largest absolute Gasteiger partial charge is 0.481 e. The lowest BCUT2D eigenvalue weighted by atomic mass is 9.77. The zero-order chi connectivity index (χ0) is 13.1. The molecule has 0 spiro atoms. The van der Waals surface area contributed by atoms with Gasteiger partial charge in [-0.15, -0.1) is 0 Å². The Morgan fingerprint density at radius 2 is 2.16 bits per heavy atom. The number of fused-ring (bicyclic) bond motifs is 1. The lowest BCUT2D eigenvalue weighted by Crippen LogP contribution is -2.28. The summed E-state index contributed by atoms with van der Waals surface area (Å²) in [7, 11) is 1.63. The Balaban J connectivity index is 1.49. The average Bonchev–Trinajstić information content (AvgIpc) is 2.44. The molecule has 0 aliphatic heterocycles. The Bertz CT molecular complexity index is 551. The highest BCUT2D eigenvalue weighted by atomic mass is 16.5. The van der Waals surface area contributed by atoms with Crippen molar-refractivity contribution in [1.29, 1.82) is 0 Å². The van der Waals surface area contributed by atoms with Gasteiger partial charge in [0.1, 0.15) is 0 Å². The molecule has 1 atom stereocenters. The topological polar surface area (TPSA) is 34.1 Å². The molecule has 1 unspecified atom stereocenters. The summed E-state index contributed by atoms with van der Waals surface area (Å²) in [4.78, 5) is 4.20. The molecule has 3 nitrogen and oxygen atoms in total. The normalized spacial score (nSPS) is 16.6. The predicted molar refractivity (Wildman–Crippen MR) is 75.4 cm³/mol. The van der Waals surface area contributed by atoms with Crippen LogP contribution in [0.15, 0.2) is 42.6 Å². The van der Waals surface area contributed by atoms with Gasteiger partial charge in [-0.1, -0.05) is 30.3 Å². The maximum absolute atomic E-state index is 5.05. The van der Waals surface area contributed by atoms with Gasteiger partial charge in [-0.25, -0.2) is 4.98 Å².